The second-order valence-corrected chi connectivity index (χ2v) is 6.41. The van der Waals surface area contributed by atoms with Crippen LogP contribution in [0.5, 0.6) is 0 Å². The van der Waals surface area contributed by atoms with Crippen LogP contribution in [0, 0.1) is 19.7 Å². The molecule has 1 aliphatic rings. The lowest BCUT2D eigenvalue weighted by atomic mass is 10.0. The van der Waals surface area contributed by atoms with Gasteiger partial charge >= 0.3 is 0 Å². The van der Waals surface area contributed by atoms with Gasteiger partial charge in [-0.1, -0.05) is 12.1 Å². The van der Waals surface area contributed by atoms with Gasteiger partial charge in [0, 0.05) is 11.4 Å². The topological polar surface area (TPSA) is 20.3 Å². The zero-order valence-corrected chi connectivity index (χ0v) is 12.4. The minimum absolute atomic E-state index is 0.0859. The monoisotopic (exact) mass is 289 g/mol. The molecule has 2 nitrogen and oxygen atoms in total. The fourth-order valence-electron chi connectivity index (χ4n) is 2.62. The second kappa shape index (κ2) is 5.02. The normalized spacial score (nSPS) is 14.2. The number of amides is 1. The van der Waals surface area contributed by atoms with Gasteiger partial charge in [0.15, 0.2) is 0 Å². The van der Waals surface area contributed by atoms with E-state index in [2.05, 4.69) is 0 Å². The molecule has 4 heteroatoms. The molecule has 1 aromatic carbocycles. The van der Waals surface area contributed by atoms with Gasteiger partial charge in [-0.3, -0.25) is 4.79 Å². The van der Waals surface area contributed by atoms with Gasteiger partial charge in [-0.05, 0) is 49.9 Å². The zero-order chi connectivity index (χ0) is 14.3. The number of fused-ring (bicyclic) bond motifs is 1. The molecule has 0 fully saturated rings. The Bertz CT molecular complexity index is 658. The van der Waals surface area contributed by atoms with E-state index in [1.165, 1.54) is 17.4 Å². The van der Waals surface area contributed by atoms with Crippen molar-refractivity contribution in [3.63, 3.8) is 0 Å². The lowest BCUT2D eigenvalue weighted by Gasteiger charge is -2.29. The van der Waals surface area contributed by atoms with Gasteiger partial charge in [-0.25, -0.2) is 4.39 Å². The largest absolute Gasteiger partial charge is 0.305 e. The van der Waals surface area contributed by atoms with Crippen molar-refractivity contribution in [1.29, 1.82) is 0 Å². The van der Waals surface area contributed by atoms with Gasteiger partial charge in [0.05, 0.1) is 10.6 Å². The van der Waals surface area contributed by atoms with Crippen LogP contribution in [-0.2, 0) is 6.42 Å². The lowest BCUT2D eigenvalue weighted by molar-refractivity contribution is 0.0988. The van der Waals surface area contributed by atoms with Gasteiger partial charge in [0.1, 0.15) is 5.82 Å². The highest BCUT2D eigenvalue weighted by molar-refractivity contribution is 7.14. The van der Waals surface area contributed by atoms with Crippen molar-refractivity contribution >= 4 is 22.9 Å². The number of carbonyl (C=O) groups excluding carboxylic acids is 1. The summed E-state index contributed by atoms with van der Waals surface area (Å²) in [7, 11) is 0. The molecule has 0 bridgehead atoms. The molecular weight excluding hydrogens is 273 g/mol. The van der Waals surface area contributed by atoms with Gasteiger partial charge in [0.2, 0.25) is 0 Å². The van der Waals surface area contributed by atoms with Crippen molar-refractivity contribution in [3.05, 3.63) is 51.0 Å². The first-order chi connectivity index (χ1) is 9.58. The number of hydrogen-bond donors (Lipinski definition) is 0. The number of anilines is 1. The zero-order valence-electron chi connectivity index (χ0n) is 11.6. The minimum atomic E-state index is -0.305. The number of carbonyl (C=O) groups is 1. The molecule has 1 aliphatic heterocycles. The molecule has 2 heterocycles. The number of nitrogens with zero attached hydrogens (tertiary/aromatic N) is 1. The molecule has 1 aromatic heterocycles. The molecule has 0 aliphatic carbocycles. The van der Waals surface area contributed by atoms with Crippen molar-refractivity contribution in [3.8, 4) is 0 Å². The molecule has 0 saturated carbocycles. The van der Waals surface area contributed by atoms with Gasteiger partial charge in [-0.2, -0.15) is 0 Å². The molecule has 0 N–H and O–H groups in total. The summed E-state index contributed by atoms with van der Waals surface area (Å²) in [5, 5.41) is 0. The number of benzene rings is 1. The van der Waals surface area contributed by atoms with Gasteiger partial charge in [-0.15, -0.1) is 11.3 Å². The fourth-order valence-corrected chi connectivity index (χ4v) is 3.60. The first kappa shape index (κ1) is 13.3. The summed E-state index contributed by atoms with van der Waals surface area (Å²) in [6.45, 7) is 4.58. The highest BCUT2D eigenvalue weighted by Crippen LogP contribution is 2.32. The first-order valence-corrected chi connectivity index (χ1v) is 7.56. The van der Waals surface area contributed by atoms with E-state index in [-0.39, 0.29) is 11.7 Å². The number of para-hydroxylation sites is 1. The molecule has 3 rings (SSSR count). The molecule has 2 aromatic rings. The third kappa shape index (κ3) is 2.14. The van der Waals surface area contributed by atoms with Crippen molar-refractivity contribution in [2.45, 2.75) is 26.7 Å². The minimum Gasteiger partial charge on any atom is -0.305 e. The van der Waals surface area contributed by atoms with Crippen molar-refractivity contribution in [2.75, 3.05) is 11.4 Å². The highest BCUT2D eigenvalue weighted by atomic mass is 32.1. The Balaban J connectivity index is 2.02. The summed E-state index contributed by atoms with van der Waals surface area (Å²) < 4.78 is 14.1. The van der Waals surface area contributed by atoms with Crippen LogP contribution in [0.15, 0.2) is 24.3 Å². The van der Waals surface area contributed by atoms with Crippen LogP contribution in [-0.4, -0.2) is 12.5 Å². The molecule has 0 saturated heterocycles. The predicted octanol–water partition coefficient (Wildman–Crippen LogP) is 4.10. The Morgan fingerprint density at radius 2 is 2.15 bits per heavy atom. The standard InChI is InChI=1S/C16H16FNOS/c1-10-9-14(20-11(10)2)16(19)18-8-4-6-12-5-3-7-13(17)15(12)18/h3,5,7,9H,4,6,8H2,1-2H3. The Morgan fingerprint density at radius 1 is 1.35 bits per heavy atom. The maximum Gasteiger partial charge on any atom is 0.268 e. The molecule has 0 atom stereocenters. The van der Waals surface area contributed by atoms with E-state index in [1.54, 1.807) is 11.0 Å². The van der Waals surface area contributed by atoms with Crippen LogP contribution in [0.4, 0.5) is 10.1 Å². The van der Waals surface area contributed by atoms with Crippen molar-refractivity contribution in [2.24, 2.45) is 0 Å². The summed E-state index contributed by atoms with van der Waals surface area (Å²) in [6.07, 6.45) is 1.71. The van der Waals surface area contributed by atoms with Crippen molar-refractivity contribution in [1.82, 2.24) is 0 Å². The Hall–Kier alpha value is -1.68. The third-order valence-corrected chi connectivity index (χ3v) is 4.93. The van der Waals surface area contributed by atoms with Gasteiger partial charge < -0.3 is 4.90 Å². The van der Waals surface area contributed by atoms with E-state index < -0.39 is 0 Å². The predicted molar refractivity (Wildman–Crippen MR) is 80.2 cm³/mol. The Labute approximate surface area is 121 Å². The molecule has 0 unspecified atom stereocenters. The van der Waals surface area contributed by atoms with E-state index in [4.69, 9.17) is 0 Å². The Morgan fingerprint density at radius 3 is 2.85 bits per heavy atom. The summed E-state index contributed by atoms with van der Waals surface area (Å²) in [6, 6.07) is 6.94. The van der Waals surface area contributed by atoms with E-state index >= 15 is 0 Å². The lowest BCUT2D eigenvalue weighted by Crippen LogP contribution is -2.35. The number of hydrogen-bond acceptors (Lipinski definition) is 2. The first-order valence-electron chi connectivity index (χ1n) is 6.74. The van der Waals surface area contributed by atoms with E-state index in [1.807, 2.05) is 26.0 Å². The summed E-state index contributed by atoms with van der Waals surface area (Å²) in [5.74, 6) is -0.391. The second-order valence-electron chi connectivity index (χ2n) is 5.16. The number of thiophene rings is 1. The van der Waals surface area contributed by atoms with Crippen LogP contribution in [0.2, 0.25) is 0 Å². The summed E-state index contributed by atoms with van der Waals surface area (Å²) in [5.41, 5.74) is 2.51. The number of halogens is 1. The van der Waals surface area contributed by atoms with Crippen LogP contribution < -0.4 is 4.90 Å². The fraction of sp³-hybridized carbons (Fsp3) is 0.312. The van der Waals surface area contributed by atoms with Crippen LogP contribution in [0.25, 0.3) is 0 Å². The maximum atomic E-state index is 14.1. The SMILES string of the molecule is Cc1cc(C(=O)N2CCCc3cccc(F)c32)sc1C. The third-order valence-electron chi connectivity index (χ3n) is 3.79. The maximum absolute atomic E-state index is 14.1. The summed E-state index contributed by atoms with van der Waals surface area (Å²) >= 11 is 1.48. The van der Waals surface area contributed by atoms with Crippen LogP contribution in [0.1, 0.15) is 32.1 Å². The molecule has 0 radical (unpaired) electrons. The molecule has 1 amide bonds. The smallest absolute Gasteiger partial charge is 0.268 e. The number of aryl methyl sites for hydroxylation is 3. The summed E-state index contributed by atoms with van der Waals surface area (Å²) in [4.78, 5) is 16.1. The highest BCUT2D eigenvalue weighted by Gasteiger charge is 2.27. The molecule has 0 spiro atoms. The quantitative estimate of drug-likeness (QED) is 0.774. The van der Waals surface area contributed by atoms with Crippen LogP contribution >= 0.6 is 11.3 Å². The number of rotatable bonds is 1. The molecular formula is C16H16FNOS. The van der Waals surface area contributed by atoms with Crippen LogP contribution in [0.3, 0.4) is 0 Å². The van der Waals surface area contributed by atoms with Gasteiger partial charge in [0.25, 0.3) is 5.91 Å². The van der Waals surface area contributed by atoms with E-state index in [0.717, 1.165) is 28.8 Å². The van der Waals surface area contributed by atoms with E-state index in [9.17, 15) is 9.18 Å². The molecule has 20 heavy (non-hydrogen) atoms. The molecule has 104 valence electrons. The van der Waals surface area contributed by atoms with E-state index in [0.29, 0.717) is 17.1 Å². The average molecular weight is 289 g/mol. The Kier molecular flexibility index (Phi) is 3.34. The van der Waals surface area contributed by atoms with Crippen molar-refractivity contribution < 1.29 is 9.18 Å². The average Bonchev–Trinajstić information content (AvgIpc) is 2.78.